The van der Waals surface area contributed by atoms with Crippen molar-refractivity contribution in [1.82, 2.24) is 4.90 Å². The zero-order chi connectivity index (χ0) is 18.8. The van der Waals surface area contributed by atoms with Crippen LogP contribution in [0.2, 0.25) is 0 Å². The number of esters is 1. The van der Waals surface area contributed by atoms with Gasteiger partial charge in [-0.25, -0.2) is 4.79 Å². The highest BCUT2D eigenvalue weighted by Crippen LogP contribution is 2.46. The summed E-state index contributed by atoms with van der Waals surface area (Å²) in [7, 11) is 5.68. The van der Waals surface area contributed by atoms with Gasteiger partial charge in [-0.3, -0.25) is 0 Å². The van der Waals surface area contributed by atoms with Crippen LogP contribution in [0.15, 0.2) is 0 Å². The van der Waals surface area contributed by atoms with Crippen LogP contribution in [0.5, 0.6) is 0 Å². The average Bonchev–Trinajstić information content (AvgIpc) is 2.66. The molecule has 0 aromatic heterocycles. The molecule has 0 spiro atoms. The van der Waals surface area contributed by atoms with Crippen LogP contribution in [-0.2, 0) is 19.0 Å². The molecular weight excluding hydrogens is 330 g/mol. The molecule has 0 aliphatic heterocycles. The topological polar surface area (TPSA) is 48.0 Å². The molecular formula is C21H39NO4. The van der Waals surface area contributed by atoms with Gasteiger partial charge in [-0.1, -0.05) is 38.5 Å². The molecule has 0 heterocycles. The summed E-state index contributed by atoms with van der Waals surface area (Å²) < 4.78 is 17.5. The lowest BCUT2D eigenvalue weighted by molar-refractivity contribution is -0.200. The minimum absolute atomic E-state index is 0.116. The van der Waals surface area contributed by atoms with Gasteiger partial charge in [0.2, 0.25) is 0 Å². The molecule has 0 aromatic rings. The molecule has 0 unspecified atom stereocenters. The monoisotopic (exact) mass is 369 g/mol. The Labute approximate surface area is 159 Å². The molecule has 5 nitrogen and oxygen atoms in total. The fraction of sp³-hybridized carbons (Fsp3) is 0.952. The van der Waals surface area contributed by atoms with Crippen LogP contribution >= 0.6 is 0 Å². The van der Waals surface area contributed by atoms with Crippen LogP contribution in [-0.4, -0.2) is 64.0 Å². The smallest absolute Gasteiger partial charge is 0.339 e. The molecule has 0 bridgehead atoms. The first-order valence-corrected chi connectivity index (χ1v) is 10.6. The van der Waals surface area contributed by atoms with Crippen LogP contribution in [0.25, 0.3) is 0 Å². The van der Waals surface area contributed by atoms with Crippen molar-refractivity contribution in [2.75, 3.05) is 47.6 Å². The van der Waals surface area contributed by atoms with Crippen LogP contribution in [0.1, 0.15) is 64.2 Å². The molecule has 2 aliphatic rings. The Hall–Kier alpha value is -0.650. The first-order chi connectivity index (χ1) is 12.6. The van der Waals surface area contributed by atoms with Crippen molar-refractivity contribution < 1.29 is 19.0 Å². The van der Waals surface area contributed by atoms with Gasteiger partial charge in [0.15, 0.2) is 5.60 Å². The van der Waals surface area contributed by atoms with E-state index in [9.17, 15) is 4.79 Å². The molecule has 0 atom stereocenters. The molecule has 0 N–H and O–H groups in total. The van der Waals surface area contributed by atoms with Gasteiger partial charge >= 0.3 is 5.97 Å². The largest absolute Gasteiger partial charge is 0.462 e. The minimum atomic E-state index is -0.772. The minimum Gasteiger partial charge on any atom is -0.462 e. The second-order valence-corrected chi connectivity index (χ2v) is 8.24. The molecule has 5 heteroatoms. The number of hydrogen-bond donors (Lipinski definition) is 0. The fourth-order valence-electron chi connectivity index (χ4n) is 4.75. The number of rotatable bonds is 10. The summed E-state index contributed by atoms with van der Waals surface area (Å²) in [6.45, 7) is 2.16. The fourth-order valence-corrected chi connectivity index (χ4v) is 4.75. The first-order valence-electron chi connectivity index (χ1n) is 10.6. The number of likely N-dealkylation sites (N-methyl/N-ethyl adjacent to an activating group) is 1. The average molecular weight is 370 g/mol. The molecule has 2 rings (SSSR count). The lowest BCUT2D eigenvalue weighted by atomic mass is 9.66. The maximum atomic E-state index is 13.4. The number of hydrogen-bond acceptors (Lipinski definition) is 5. The highest BCUT2D eigenvalue weighted by atomic mass is 16.6. The number of carbonyl (C=O) groups is 1. The van der Waals surface area contributed by atoms with Gasteiger partial charge in [0.05, 0.1) is 13.2 Å². The third-order valence-corrected chi connectivity index (χ3v) is 6.14. The van der Waals surface area contributed by atoms with E-state index in [0.29, 0.717) is 19.8 Å². The van der Waals surface area contributed by atoms with Crippen LogP contribution in [0.4, 0.5) is 0 Å². The highest BCUT2D eigenvalue weighted by Gasteiger charge is 2.53. The lowest BCUT2D eigenvalue weighted by Gasteiger charge is -2.46. The number of nitrogens with zero attached hydrogens (tertiary/aromatic N) is 1. The van der Waals surface area contributed by atoms with Gasteiger partial charge in [0, 0.05) is 13.7 Å². The summed E-state index contributed by atoms with van der Waals surface area (Å²) in [5, 5.41) is 0. The Balaban J connectivity index is 2.22. The van der Waals surface area contributed by atoms with E-state index in [1.165, 1.54) is 38.5 Å². The first kappa shape index (κ1) is 21.6. The van der Waals surface area contributed by atoms with Crippen molar-refractivity contribution >= 4 is 5.97 Å². The maximum Gasteiger partial charge on any atom is 0.339 e. The zero-order valence-electron chi connectivity index (χ0n) is 17.1. The Morgan fingerprint density at radius 3 is 1.88 bits per heavy atom. The summed E-state index contributed by atoms with van der Waals surface area (Å²) in [5.41, 5.74) is -0.772. The summed E-state index contributed by atoms with van der Waals surface area (Å²) in [6, 6.07) is 0. The second kappa shape index (κ2) is 11.3. The molecule has 0 radical (unpaired) electrons. The zero-order valence-corrected chi connectivity index (χ0v) is 17.1. The van der Waals surface area contributed by atoms with Gasteiger partial charge in [-0.2, -0.15) is 0 Å². The third-order valence-electron chi connectivity index (χ3n) is 6.14. The molecule has 2 saturated carbocycles. The van der Waals surface area contributed by atoms with Gasteiger partial charge in [0.1, 0.15) is 6.61 Å². The molecule has 152 valence electrons. The molecule has 2 aliphatic carbocycles. The van der Waals surface area contributed by atoms with Crippen molar-refractivity contribution in [3.63, 3.8) is 0 Å². The van der Waals surface area contributed by atoms with E-state index in [-0.39, 0.29) is 17.8 Å². The van der Waals surface area contributed by atoms with Crippen molar-refractivity contribution in [3.05, 3.63) is 0 Å². The highest BCUT2D eigenvalue weighted by molar-refractivity contribution is 5.80. The molecule has 0 aromatic carbocycles. The van der Waals surface area contributed by atoms with E-state index in [1.807, 2.05) is 19.0 Å². The number of ether oxygens (including phenoxy) is 3. The number of carbonyl (C=O) groups excluding carboxylic acids is 1. The van der Waals surface area contributed by atoms with Crippen molar-refractivity contribution in [2.24, 2.45) is 11.8 Å². The molecule has 26 heavy (non-hydrogen) atoms. The van der Waals surface area contributed by atoms with E-state index < -0.39 is 5.60 Å². The van der Waals surface area contributed by atoms with Crippen molar-refractivity contribution in [2.45, 2.75) is 69.8 Å². The van der Waals surface area contributed by atoms with E-state index in [2.05, 4.69) is 0 Å². The molecule has 2 fully saturated rings. The summed E-state index contributed by atoms with van der Waals surface area (Å²) >= 11 is 0. The Bertz CT molecular complexity index is 383. The van der Waals surface area contributed by atoms with Crippen molar-refractivity contribution in [1.29, 1.82) is 0 Å². The predicted molar refractivity (Wildman–Crippen MR) is 103 cm³/mol. The molecule has 0 saturated heterocycles. The van der Waals surface area contributed by atoms with Crippen molar-refractivity contribution in [3.8, 4) is 0 Å². The van der Waals surface area contributed by atoms with Gasteiger partial charge in [-0.05, 0) is 51.6 Å². The van der Waals surface area contributed by atoms with E-state index >= 15 is 0 Å². The third kappa shape index (κ3) is 5.67. The van der Waals surface area contributed by atoms with E-state index in [1.54, 1.807) is 7.11 Å². The normalized spacial score (nSPS) is 20.5. The van der Waals surface area contributed by atoms with Crippen LogP contribution in [0.3, 0.4) is 0 Å². The standard InChI is InChI=1S/C21H39NO4/c1-22(2)14-15-25-20(23)21(26-17-16-24-3,18-10-6-4-7-11-18)19-12-8-5-9-13-19/h18-19H,4-17H2,1-3H3. The SMILES string of the molecule is COCCOC(C(=O)OCCN(C)C)(C1CCCCC1)C1CCCCC1. The van der Waals surface area contributed by atoms with E-state index in [4.69, 9.17) is 14.2 Å². The van der Waals surface area contributed by atoms with Gasteiger partial charge < -0.3 is 19.1 Å². The maximum absolute atomic E-state index is 13.4. The summed E-state index contributed by atoms with van der Waals surface area (Å²) in [4.78, 5) is 15.5. The Morgan fingerprint density at radius 2 is 1.42 bits per heavy atom. The lowest BCUT2D eigenvalue weighted by Crippen LogP contribution is -2.56. The van der Waals surface area contributed by atoms with Gasteiger partial charge in [-0.15, -0.1) is 0 Å². The Morgan fingerprint density at radius 1 is 0.885 bits per heavy atom. The number of methoxy groups -OCH3 is 1. The van der Waals surface area contributed by atoms with Gasteiger partial charge in [0.25, 0.3) is 0 Å². The summed E-state index contributed by atoms with van der Waals surface area (Å²) in [5.74, 6) is 0.445. The second-order valence-electron chi connectivity index (χ2n) is 8.24. The summed E-state index contributed by atoms with van der Waals surface area (Å²) in [6.07, 6.45) is 11.6. The van der Waals surface area contributed by atoms with Crippen LogP contribution in [0, 0.1) is 11.8 Å². The van der Waals surface area contributed by atoms with Crippen LogP contribution < -0.4 is 0 Å². The van der Waals surface area contributed by atoms with E-state index in [0.717, 1.165) is 32.2 Å². The molecule has 0 amide bonds. The quantitative estimate of drug-likeness (QED) is 0.434. The predicted octanol–water partition coefficient (Wildman–Crippen LogP) is 3.65. The Kier molecular flexibility index (Phi) is 9.37.